The third-order valence-electron chi connectivity index (χ3n) is 4.19. The topological polar surface area (TPSA) is 71.1 Å². The second-order valence-electron chi connectivity index (χ2n) is 6.28. The molecule has 23 heavy (non-hydrogen) atoms. The highest BCUT2D eigenvalue weighted by Crippen LogP contribution is 2.43. The van der Waals surface area contributed by atoms with Gasteiger partial charge in [0.25, 0.3) is 0 Å². The molecule has 0 spiro atoms. The Bertz CT molecular complexity index is 519. The molecule has 0 aromatic rings. The van der Waals surface area contributed by atoms with Gasteiger partial charge in [0.2, 0.25) is 0 Å². The molecule has 1 aliphatic carbocycles. The molecular formula is C17H24O6. The molecule has 0 aromatic heterocycles. The molecule has 1 aliphatic heterocycles. The zero-order valence-electron chi connectivity index (χ0n) is 14.0. The summed E-state index contributed by atoms with van der Waals surface area (Å²) in [5, 5.41) is 0. The van der Waals surface area contributed by atoms with Crippen molar-refractivity contribution in [3.63, 3.8) is 0 Å². The minimum Gasteiger partial charge on any atom is -0.466 e. The first-order valence-corrected chi connectivity index (χ1v) is 7.76. The second kappa shape index (κ2) is 7.27. The van der Waals surface area contributed by atoms with E-state index in [-0.39, 0.29) is 29.9 Å². The van der Waals surface area contributed by atoms with Gasteiger partial charge >= 0.3 is 11.9 Å². The fraction of sp³-hybridized carbons (Fsp3) is 0.647. The van der Waals surface area contributed by atoms with E-state index in [4.69, 9.17) is 18.9 Å². The molecule has 3 atom stereocenters. The van der Waals surface area contributed by atoms with Crippen molar-refractivity contribution in [1.82, 2.24) is 0 Å². The van der Waals surface area contributed by atoms with Crippen LogP contribution in [-0.2, 0) is 28.5 Å². The lowest BCUT2D eigenvalue weighted by molar-refractivity contribution is -0.145. The summed E-state index contributed by atoms with van der Waals surface area (Å²) in [7, 11) is 1.35. The average Bonchev–Trinajstić information content (AvgIpc) is 3.02. The molecule has 0 amide bonds. The fourth-order valence-electron chi connectivity index (χ4n) is 3.16. The molecule has 0 aromatic carbocycles. The quantitative estimate of drug-likeness (QED) is 0.449. The Morgan fingerprint density at radius 1 is 1.35 bits per heavy atom. The van der Waals surface area contributed by atoms with Gasteiger partial charge in [0.1, 0.15) is 0 Å². The molecular weight excluding hydrogens is 300 g/mol. The van der Waals surface area contributed by atoms with Crippen molar-refractivity contribution in [2.24, 2.45) is 11.8 Å². The van der Waals surface area contributed by atoms with E-state index in [0.717, 1.165) is 18.4 Å². The van der Waals surface area contributed by atoms with E-state index < -0.39 is 5.79 Å². The number of esters is 2. The zero-order chi connectivity index (χ0) is 17.0. The van der Waals surface area contributed by atoms with Gasteiger partial charge < -0.3 is 18.9 Å². The van der Waals surface area contributed by atoms with Crippen LogP contribution in [0.4, 0.5) is 0 Å². The number of allylic oxidation sites excluding steroid dienone is 2. The summed E-state index contributed by atoms with van der Waals surface area (Å²) in [5.41, 5.74) is 0.957. The zero-order valence-corrected chi connectivity index (χ0v) is 14.0. The maximum Gasteiger partial charge on any atom is 0.330 e. The van der Waals surface area contributed by atoms with Crippen molar-refractivity contribution in [2.45, 2.75) is 45.5 Å². The van der Waals surface area contributed by atoms with Crippen molar-refractivity contribution in [1.29, 1.82) is 0 Å². The van der Waals surface area contributed by atoms with Crippen LogP contribution in [0, 0.1) is 11.8 Å². The maximum atomic E-state index is 11.6. The maximum absolute atomic E-state index is 11.6. The fourth-order valence-corrected chi connectivity index (χ4v) is 3.16. The summed E-state index contributed by atoms with van der Waals surface area (Å²) in [6.07, 6.45) is 6.31. The van der Waals surface area contributed by atoms with Crippen LogP contribution in [0.5, 0.6) is 0 Å². The highest BCUT2D eigenvalue weighted by atomic mass is 16.7. The van der Waals surface area contributed by atoms with Gasteiger partial charge in [-0.15, -0.1) is 0 Å². The normalized spacial score (nSPS) is 31.7. The van der Waals surface area contributed by atoms with E-state index in [1.54, 1.807) is 0 Å². The van der Waals surface area contributed by atoms with Crippen LogP contribution in [0.15, 0.2) is 24.0 Å². The Labute approximate surface area is 136 Å². The second-order valence-corrected chi connectivity index (χ2v) is 6.28. The van der Waals surface area contributed by atoms with Crippen LogP contribution < -0.4 is 0 Å². The molecule has 1 saturated heterocycles. The minimum absolute atomic E-state index is 0.0454. The molecule has 0 N–H and O–H groups in total. The van der Waals surface area contributed by atoms with E-state index in [2.05, 4.69) is 0 Å². The van der Waals surface area contributed by atoms with E-state index in [0.29, 0.717) is 6.61 Å². The number of hydrogen-bond acceptors (Lipinski definition) is 6. The predicted octanol–water partition coefficient (Wildman–Crippen LogP) is 2.34. The third kappa shape index (κ3) is 4.65. The summed E-state index contributed by atoms with van der Waals surface area (Å²) >= 11 is 0. The average molecular weight is 324 g/mol. The Morgan fingerprint density at radius 2 is 2.09 bits per heavy atom. The first-order valence-electron chi connectivity index (χ1n) is 7.76. The van der Waals surface area contributed by atoms with Gasteiger partial charge in [-0.3, -0.25) is 4.79 Å². The predicted molar refractivity (Wildman–Crippen MR) is 82.1 cm³/mol. The van der Waals surface area contributed by atoms with E-state index >= 15 is 0 Å². The van der Waals surface area contributed by atoms with Gasteiger partial charge in [0.15, 0.2) is 5.79 Å². The molecule has 1 saturated carbocycles. The summed E-state index contributed by atoms with van der Waals surface area (Å²) in [6, 6.07) is 0. The Balaban J connectivity index is 2.17. The van der Waals surface area contributed by atoms with E-state index in [1.165, 1.54) is 26.4 Å². The van der Waals surface area contributed by atoms with Crippen molar-refractivity contribution in [3.05, 3.63) is 24.0 Å². The summed E-state index contributed by atoms with van der Waals surface area (Å²) in [6.45, 7) is 5.63. The number of methoxy groups -OCH3 is 1. The number of rotatable bonds is 4. The number of carbonyl (C=O) groups excluding carboxylic acids is 2. The molecule has 6 heteroatoms. The third-order valence-corrected chi connectivity index (χ3v) is 4.19. The highest BCUT2D eigenvalue weighted by molar-refractivity contribution is 5.83. The molecule has 0 radical (unpaired) electrons. The smallest absolute Gasteiger partial charge is 0.330 e. The van der Waals surface area contributed by atoms with Crippen LogP contribution in [0.2, 0.25) is 0 Å². The number of carbonyl (C=O) groups is 2. The van der Waals surface area contributed by atoms with Crippen LogP contribution in [0.25, 0.3) is 0 Å². The molecule has 2 fully saturated rings. The van der Waals surface area contributed by atoms with Gasteiger partial charge in [-0.2, -0.15) is 0 Å². The van der Waals surface area contributed by atoms with Gasteiger partial charge in [-0.1, -0.05) is 5.57 Å². The Kier molecular flexibility index (Phi) is 5.59. The van der Waals surface area contributed by atoms with Crippen LogP contribution in [-0.4, -0.2) is 37.5 Å². The van der Waals surface area contributed by atoms with Crippen LogP contribution in [0.3, 0.4) is 0 Å². The molecule has 6 nitrogen and oxygen atoms in total. The van der Waals surface area contributed by atoms with E-state index in [1.807, 2.05) is 19.9 Å². The summed E-state index contributed by atoms with van der Waals surface area (Å²) in [4.78, 5) is 22.5. The lowest BCUT2D eigenvalue weighted by Crippen LogP contribution is -2.28. The Hall–Kier alpha value is -1.66. The molecule has 1 heterocycles. The van der Waals surface area contributed by atoms with Crippen molar-refractivity contribution >= 4 is 11.9 Å². The van der Waals surface area contributed by atoms with Gasteiger partial charge in [-0.25, -0.2) is 4.79 Å². The number of hydrogen-bond donors (Lipinski definition) is 0. The highest BCUT2D eigenvalue weighted by Gasteiger charge is 2.43. The summed E-state index contributed by atoms with van der Waals surface area (Å²) in [5.74, 6) is -1.23. The molecule has 2 aliphatic rings. The summed E-state index contributed by atoms with van der Waals surface area (Å²) < 4.78 is 21.2. The molecule has 2 rings (SSSR count). The SMILES string of the molecule is COC(=O)/C=C1/CC[C@H]([C@@H]2COC(C)(C)O2)[C@H]1/C=C/OC(C)=O. The van der Waals surface area contributed by atoms with Gasteiger partial charge in [-0.05, 0) is 38.7 Å². The van der Waals surface area contributed by atoms with Crippen LogP contribution >= 0.6 is 0 Å². The first kappa shape index (κ1) is 17.7. The lowest BCUT2D eigenvalue weighted by atomic mass is 9.89. The molecule has 0 bridgehead atoms. The van der Waals surface area contributed by atoms with E-state index in [9.17, 15) is 9.59 Å². The number of ether oxygens (including phenoxy) is 4. The van der Waals surface area contributed by atoms with Gasteiger partial charge in [0, 0.05) is 18.9 Å². The van der Waals surface area contributed by atoms with Crippen molar-refractivity contribution in [2.75, 3.05) is 13.7 Å². The van der Waals surface area contributed by atoms with Crippen molar-refractivity contribution in [3.8, 4) is 0 Å². The lowest BCUT2D eigenvalue weighted by Gasteiger charge is -2.24. The molecule has 0 unspecified atom stereocenters. The van der Waals surface area contributed by atoms with Crippen molar-refractivity contribution < 1.29 is 28.5 Å². The Morgan fingerprint density at radius 3 is 2.65 bits per heavy atom. The monoisotopic (exact) mass is 324 g/mol. The molecule has 128 valence electrons. The van der Waals surface area contributed by atoms with Gasteiger partial charge in [0.05, 0.1) is 26.1 Å². The first-order chi connectivity index (χ1) is 10.8. The minimum atomic E-state index is -0.594. The standard InChI is InChI=1S/C17H24O6/c1-11(18)21-8-7-13-12(9-16(19)20-4)5-6-14(13)15-10-22-17(2,3)23-15/h7-9,13-15H,5-6,10H2,1-4H3/b8-7+,12-9-/t13-,14-,15-/m0/s1. The largest absolute Gasteiger partial charge is 0.466 e. The van der Waals surface area contributed by atoms with Crippen LogP contribution in [0.1, 0.15) is 33.6 Å².